The number of rotatable bonds is 2. The molecule has 1 fully saturated rings. The standard InChI is InChI=1S/C15H12N2O4S3/c18-13-11(9-3-1-2-4-10(9)16-13)12-14(19)17(15(22)23-12)8-5-6-24(20,21)7-8/h1-4,8,19H,5-7H2/t8-/m0/s1. The van der Waals surface area contributed by atoms with Gasteiger partial charge in [0.05, 0.1) is 28.5 Å². The Labute approximate surface area is 146 Å². The van der Waals surface area contributed by atoms with E-state index in [1.807, 2.05) is 0 Å². The molecule has 3 heterocycles. The van der Waals surface area contributed by atoms with E-state index >= 15 is 0 Å². The Hall–Kier alpha value is -1.84. The van der Waals surface area contributed by atoms with Gasteiger partial charge in [0.25, 0.3) is 5.91 Å². The highest BCUT2D eigenvalue weighted by molar-refractivity contribution is 7.91. The average Bonchev–Trinajstić information content (AvgIpc) is 3.12. The van der Waals surface area contributed by atoms with Crippen LogP contribution in [0.2, 0.25) is 0 Å². The monoisotopic (exact) mass is 380 g/mol. The second kappa shape index (κ2) is 5.33. The third kappa shape index (κ3) is 2.35. The van der Waals surface area contributed by atoms with Crippen LogP contribution in [0.1, 0.15) is 17.3 Å². The number of carbonyl (C=O) groups is 1. The van der Waals surface area contributed by atoms with Crippen LogP contribution in [0, 0.1) is 3.95 Å². The fourth-order valence-corrected chi connectivity index (χ4v) is 6.31. The molecule has 0 radical (unpaired) electrons. The zero-order chi connectivity index (χ0) is 17.1. The van der Waals surface area contributed by atoms with Crippen molar-refractivity contribution in [3.8, 4) is 5.88 Å². The number of amides is 1. The molecule has 0 unspecified atom stereocenters. The Morgan fingerprint density at radius 3 is 2.79 bits per heavy atom. The molecule has 0 spiro atoms. The van der Waals surface area contributed by atoms with Gasteiger partial charge in [-0.3, -0.25) is 9.36 Å². The highest BCUT2D eigenvalue weighted by atomic mass is 32.2. The second-order valence-electron chi connectivity index (χ2n) is 5.76. The Morgan fingerprint density at radius 1 is 1.33 bits per heavy atom. The number of fused-ring (bicyclic) bond motifs is 1. The normalized spacial score (nSPS) is 21.8. The largest absolute Gasteiger partial charge is 0.493 e. The summed E-state index contributed by atoms with van der Waals surface area (Å²) in [5.41, 5.74) is 0.318. The number of nitrogens with zero attached hydrogens (tertiary/aromatic N) is 2. The van der Waals surface area contributed by atoms with Gasteiger partial charge in [-0.15, -0.1) is 11.3 Å². The molecular weight excluding hydrogens is 368 g/mol. The SMILES string of the molecule is O=C1N=c2ccccc2=C1c1sc(=S)n([C@H]2CCS(=O)(=O)C2)c1O. The summed E-state index contributed by atoms with van der Waals surface area (Å²) in [6.45, 7) is 0. The first-order valence-electron chi connectivity index (χ1n) is 7.25. The van der Waals surface area contributed by atoms with E-state index in [0.717, 1.165) is 11.3 Å². The van der Waals surface area contributed by atoms with Crippen molar-refractivity contribution in [1.29, 1.82) is 0 Å². The van der Waals surface area contributed by atoms with Gasteiger partial charge in [-0.25, -0.2) is 13.4 Å². The molecule has 1 aromatic heterocycles. The van der Waals surface area contributed by atoms with Gasteiger partial charge in [0.15, 0.2) is 13.8 Å². The smallest absolute Gasteiger partial charge is 0.279 e. The fraction of sp³-hybridized carbons (Fsp3) is 0.267. The summed E-state index contributed by atoms with van der Waals surface area (Å²) < 4.78 is 25.2. The molecule has 1 amide bonds. The lowest BCUT2D eigenvalue weighted by atomic mass is 10.1. The van der Waals surface area contributed by atoms with Crippen molar-refractivity contribution in [3.05, 3.63) is 43.7 Å². The third-order valence-corrected chi connectivity index (χ3v) is 7.39. The molecular formula is C15H12N2O4S3. The number of aromatic nitrogens is 1. The molecule has 2 aliphatic heterocycles. The van der Waals surface area contributed by atoms with Crippen molar-refractivity contribution >= 4 is 44.9 Å². The van der Waals surface area contributed by atoms with E-state index in [1.54, 1.807) is 24.3 Å². The maximum atomic E-state index is 12.3. The van der Waals surface area contributed by atoms with Gasteiger partial charge in [-0.2, -0.15) is 0 Å². The van der Waals surface area contributed by atoms with Crippen molar-refractivity contribution in [1.82, 2.24) is 4.57 Å². The van der Waals surface area contributed by atoms with Gasteiger partial charge in [0.1, 0.15) is 4.88 Å². The number of aromatic hydroxyl groups is 1. The Morgan fingerprint density at radius 2 is 2.08 bits per heavy atom. The van der Waals surface area contributed by atoms with Crippen LogP contribution in [0.5, 0.6) is 5.88 Å². The molecule has 2 aromatic rings. The number of thiazole rings is 1. The molecule has 1 aromatic carbocycles. The topological polar surface area (TPSA) is 88.7 Å². The first kappa shape index (κ1) is 15.7. The lowest BCUT2D eigenvalue weighted by molar-refractivity contribution is -0.112. The maximum Gasteiger partial charge on any atom is 0.279 e. The molecule has 24 heavy (non-hydrogen) atoms. The predicted molar refractivity (Wildman–Crippen MR) is 91.9 cm³/mol. The van der Waals surface area contributed by atoms with E-state index in [1.165, 1.54) is 4.57 Å². The highest BCUT2D eigenvalue weighted by Gasteiger charge is 2.33. The van der Waals surface area contributed by atoms with E-state index in [4.69, 9.17) is 12.2 Å². The summed E-state index contributed by atoms with van der Waals surface area (Å²) >= 11 is 6.42. The van der Waals surface area contributed by atoms with Gasteiger partial charge in [0, 0.05) is 5.22 Å². The molecule has 1 saturated heterocycles. The van der Waals surface area contributed by atoms with Crippen molar-refractivity contribution in [2.24, 2.45) is 4.99 Å². The number of para-hydroxylation sites is 1. The second-order valence-corrected chi connectivity index (χ2v) is 9.63. The van der Waals surface area contributed by atoms with Gasteiger partial charge in [0.2, 0.25) is 5.88 Å². The zero-order valence-corrected chi connectivity index (χ0v) is 14.7. The molecule has 9 heteroatoms. The lowest BCUT2D eigenvalue weighted by Gasteiger charge is -2.11. The van der Waals surface area contributed by atoms with E-state index < -0.39 is 21.8 Å². The summed E-state index contributed by atoms with van der Waals surface area (Å²) in [5.74, 6) is -0.538. The van der Waals surface area contributed by atoms with Gasteiger partial charge in [-0.1, -0.05) is 18.2 Å². The highest BCUT2D eigenvalue weighted by Crippen LogP contribution is 2.37. The van der Waals surface area contributed by atoms with Crippen LogP contribution in [-0.4, -0.2) is 35.5 Å². The van der Waals surface area contributed by atoms with Gasteiger partial charge < -0.3 is 5.11 Å². The summed E-state index contributed by atoms with van der Waals surface area (Å²) in [6, 6.07) is 6.69. The average molecular weight is 380 g/mol. The van der Waals surface area contributed by atoms with Gasteiger partial charge >= 0.3 is 0 Å². The van der Waals surface area contributed by atoms with Crippen LogP contribution in [0.25, 0.3) is 5.57 Å². The van der Waals surface area contributed by atoms with E-state index in [0.29, 0.717) is 31.4 Å². The van der Waals surface area contributed by atoms with Crippen LogP contribution < -0.4 is 10.6 Å². The summed E-state index contributed by atoms with van der Waals surface area (Å²) in [4.78, 5) is 16.6. The Kier molecular flexibility index (Phi) is 3.48. The molecule has 2 aliphatic rings. The van der Waals surface area contributed by atoms with Gasteiger partial charge in [-0.05, 0) is 24.7 Å². The minimum absolute atomic E-state index is 0.0463. The minimum Gasteiger partial charge on any atom is -0.493 e. The quantitative estimate of drug-likeness (QED) is 0.775. The van der Waals surface area contributed by atoms with Crippen LogP contribution in [0.4, 0.5) is 0 Å². The number of hydrogen-bond donors (Lipinski definition) is 1. The van der Waals surface area contributed by atoms with E-state index in [-0.39, 0.29) is 17.4 Å². The minimum atomic E-state index is -3.11. The van der Waals surface area contributed by atoms with E-state index in [9.17, 15) is 18.3 Å². The number of benzene rings is 1. The summed E-state index contributed by atoms with van der Waals surface area (Å²) in [6.07, 6.45) is 0.407. The Balaban J connectivity index is 1.92. The first-order valence-corrected chi connectivity index (χ1v) is 10.3. The molecule has 1 N–H and O–H groups in total. The van der Waals surface area contributed by atoms with Crippen LogP contribution in [0.15, 0.2) is 29.3 Å². The molecule has 0 bridgehead atoms. The number of hydrogen-bond acceptors (Lipinski definition) is 6. The predicted octanol–water partition coefficient (Wildman–Crippen LogP) is 0.703. The summed E-state index contributed by atoms with van der Waals surface area (Å²) in [5, 5.41) is 11.9. The van der Waals surface area contributed by atoms with E-state index in [2.05, 4.69) is 4.99 Å². The lowest BCUT2D eigenvalue weighted by Crippen LogP contribution is -2.22. The molecule has 6 nitrogen and oxygen atoms in total. The van der Waals surface area contributed by atoms with Crippen LogP contribution >= 0.6 is 23.6 Å². The van der Waals surface area contributed by atoms with Crippen molar-refractivity contribution in [2.75, 3.05) is 11.5 Å². The number of carbonyl (C=O) groups excluding carboxylic acids is 1. The van der Waals surface area contributed by atoms with Crippen molar-refractivity contribution in [3.63, 3.8) is 0 Å². The zero-order valence-electron chi connectivity index (χ0n) is 12.3. The van der Waals surface area contributed by atoms with Crippen LogP contribution in [0.3, 0.4) is 0 Å². The van der Waals surface area contributed by atoms with Crippen LogP contribution in [-0.2, 0) is 14.6 Å². The maximum absolute atomic E-state index is 12.3. The molecule has 1 atom stereocenters. The fourth-order valence-electron chi connectivity index (χ4n) is 3.12. The number of sulfone groups is 1. The third-order valence-electron chi connectivity index (χ3n) is 4.23. The first-order chi connectivity index (χ1) is 11.4. The Bertz CT molecular complexity index is 1160. The molecule has 124 valence electrons. The van der Waals surface area contributed by atoms with Crippen molar-refractivity contribution < 1.29 is 18.3 Å². The molecule has 0 saturated carbocycles. The van der Waals surface area contributed by atoms with Crippen molar-refractivity contribution in [2.45, 2.75) is 12.5 Å². The molecule has 0 aliphatic carbocycles. The molecule has 4 rings (SSSR count). The summed E-state index contributed by atoms with van der Waals surface area (Å²) in [7, 11) is -3.11.